The van der Waals surface area contributed by atoms with Crippen LogP contribution in [-0.4, -0.2) is 42.8 Å². The van der Waals surface area contributed by atoms with Gasteiger partial charge in [0.2, 0.25) is 5.91 Å². The lowest BCUT2D eigenvalue weighted by atomic mass is 10.0. The molecule has 0 heterocycles. The smallest absolute Gasteiger partial charge is 0.220 e. The molecule has 5 heteroatoms. The second kappa shape index (κ2) is 7.57. The molecule has 0 aliphatic heterocycles. The number of likely N-dealkylation sites (N-methyl/N-ethyl adjacent to an activating group) is 1. The zero-order chi connectivity index (χ0) is 16.0. The highest BCUT2D eigenvalue weighted by molar-refractivity contribution is 6.31. The van der Waals surface area contributed by atoms with Crippen LogP contribution in [0.25, 0.3) is 0 Å². The van der Waals surface area contributed by atoms with Crippen molar-refractivity contribution < 1.29 is 9.59 Å². The number of nitrogens with zero attached hydrogens (tertiary/aromatic N) is 1. The van der Waals surface area contributed by atoms with Crippen molar-refractivity contribution in [1.29, 1.82) is 0 Å². The Morgan fingerprint density at radius 3 is 2.48 bits per heavy atom. The fraction of sp³-hybridized carbons (Fsp3) is 0.500. The van der Waals surface area contributed by atoms with E-state index in [1.54, 1.807) is 24.3 Å². The van der Waals surface area contributed by atoms with Crippen LogP contribution in [0.2, 0.25) is 5.02 Å². The molecule has 1 aromatic rings. The van der Waals surface area contributed by atoms with Gasteiger partial charge in [0.25, 0.3) is 0 Å². The molecule has 0 atom stereocenters. The normalized spacial score (nSPS) is 11.5. The van der Waals surface area contributed by atoms with Crippen LogP contribution >= 0.6 is 11.6 Å². The fourth-order valence-corrected chi connectivity index (χ4v) is 1.79. The number of amides is 1. The molecule has 0 spiro atoms. The summed E-state index contributed by atoms with van der Waals surface area (Å²) in [7, 11) is 3.93. The lowest BCUT2D eigenvalue weighted by Gasteiger charge is -2.32. The molecule has 0 saturated carbocycles. The van der Waals surface area contributed by atoms with Crippen molar-refractivity contribution >= 4 is 23.3 Å². The van der Waals surface area contributed by atoms with Crippen LogP contribution in [0.5, 0.6) is 0 Å². The molecular formula is C16H23ClN2O2. The number of hydrogen-bond acceptors (Lipinski definition) is 3. The van der Waals surface area contributed by atoms with Crippen LogP contribution in [0.3, 0.4) is 0 Å². The third kappa shape index (κ3) is 5.86. The van der Waals surface area contributed by atoms with Crippen LogP contribution in [0.15, 0.2) is 24.3 Å². The number of Topliss-reactive ketones (excluding diaryl/α,β-unsaturated/α-hetero) is 1. The number of benzene rings is 1. The van der Waals surface area contributed by atoms with Gasteiger partial charge in [-0.15, -0.1) is 0 Å². The van der Waals surface area contributed by atoms with Gasteiger partial charge in [0.15, 0.2) is 5.78 Å². The van der Waals surface area contributed by atoms with Crippen molar-refractivity contribution in [2.24, 2.45) is 0 Å². The summed E-state index contributed by atoms with van der Waals surface area (Å²) in [6, 6.07) is 6.78. The van der Waals surface area contributed by atoms with Gasteiger partial charge in [-0.25, -0.2) is 0 Å². The molecule has 0 fully saturated rings. The molecule has 0 aliphatic rings. The zero-order valence-electron chi connectivity index (χ0n) is 13.1. The topological polar surface area (TPSA) is 49.4 Å². The highest BCUT2D eigenvalue weighted by Gasteiger charge is 2.21. The van der Waals surface area contributed by atoms with Gasteiger partial charge in [-0.1, -0.05) is 23.7 Å². The number of hydrogen-bond donors (Lipinski definition) is 1. The van der Waals surface area contributed by atoms with E-state index >= 15 is 0 Å². The summed E-state index contributed by atoms with van der Waals surface area (Å²) in [4.78, 5) is 25.8. The molecule has 21 heavy (non-hydrogen) atoms. The van der Waals surface area contributed by atoms with E-state index in [-0.39, 0.29) is 30.1 Å². The van der Waals surface area contributed by atoms with E-state index in [9.17, 15) is 9.59 Å². The maximum absolute atomic E-state index is 12.0. The van der Waals surface area contributed by atoms with Crippen molar-refractivity contribution in [3.05, 3.63) is 34.9 Å². The molecule has 0 aromatic heterocycles. The quantitative estimate of drug-likeness (QED) is 0.788. The van der Waals surface area contributed by atoms with Crippen LogP contribution in [0.1, 0.15) is 37.0 Å². The second-order valence-corrected chi connectivity index (χ2v) is 6.35. The molecule has 0 bridgehead atoms. The Bertz CT molecular complexity index is 513. The summed E-state index contributed by atoms with van der Waals surface area (Å²) < 4.78 is 0. The van der Waals surface area contributed by atoms with E-state index in [4.69, 9.17) is 11.6 Å². The predicted molar refractivity (Wildman–Crippen MR) is 85.8 cm³/mol. The first-order valence-corrected chi connectivity index (χ1v) is 7.33. The Kier molecular flexibility index (Phi) is 6.37. The summed E-state index contributed by atoms with van der Waals surface area (Å²) in [6.45, 7) is 4.64. The third-order valence-corrected chi connectivity index (χ3v) is 3.89. The van der Waals surface area contributed by atoms with Crippen LogP contribution in [-0.2, 0) is 4.79 Å². The summed E-state index contributed by atoms with van der Waals surface area (Å²) in [6.07, 6.45) is 0.378. The lowest BCUT2D eigenvalue weighted by molar-refractivity contribution is -0.121. The number of rotatable bonds is 7. The van der Waals surface area contributed by atoms with Crippen molar-refractivity contribution in [3.63, 3.8) is 0 Å². The van der Waals surface area contributed by atoms with Gasteiger partial charge in [-0.05, 0) is 40.1 Å². The van der Waals surface area contributed by atoms with E-state index in [0.717, 1.165) is 0 Å². The van der Waals surface area contributed by atoms with Gasteiger partial charge in [-0.2, -0.15) is 0 Å². The summed E-state index contributed by atoms with van der Waals surface area (Å²) >= 11 is 5.85. The van der Waals surface area contributed by atoms with Crippen molar-refractivity contribution in [2.45, 2.75) is 32.2 Å². The van der Waals surface area contributed by atoms with Gasteiger partial charge in [0, 0.05) is 35.5 Å². The first-order valence-electron chi connectivity index (χ1n) is 6.95. The second-order valence-electron chi connectivity index (χ2n) is 5.92. The van der Waals surface area contributed by atoms with Gasteiger partial charge >= 0.3 is 0 Å². The van der Waals surface area contributed by atoms with Gasteiger partial charge < -0.3 is 10.2 Å². The average Bonchev–Trinajstić information content (AvgIpc) is 2.42. The first-order chi connectivity index (χ1) is 9.72. The van der Waals surface area contributed by atoms with E-state index in [2.05, 4.69) is 5.32 Å². The van der Waals surface area contributed by atoms with E-state index in [1.807, 2.05) is 32.8 Å². The SMILES string of the molecule is CN(C)C(C)(C)CNC(=O)CCC(=O)c1cccc(Cl)c1. The third-order valence-electron chi connectivity index (χ3n) is 3.65. The molecule has 1 amide bonds. The highest BCUT2D eigenvalue weighted by atomic mass is 35.5. The standard InChI is InChI=1S/C16H23ClN2O2/c1-16(2,19(3)4)11-18-15(21)9-8-14(20)12-6-5-7-13(17)10-12/h5-7,10H,8-9,11H2,1-4H3,(H,18,21). The predicted octanol–water partition coefficient (Wildman–Crippen LogP) is 2.76. The molecule has 1 N–H and O–H groups in total. The van der Waals surface area contributed by atoms with Gasteiger partial charge in [-0.3, -0.25) is 9.59 Å². The number of nitrogens with one attached hydrogen (secondary N) is 1. The molecule has 0 radical (unpaired) electrons. The Morgan fingerprint density at radius 1 is 1.24 bits per heavy atom. The molecule has 116 valence electrons. The van der Waals surface area contributed by atoms with E-state index < -0.39 is 0 Å². The van der Waals surface area contributed by atoms with Crippen molar-refractivity contribution in [2.75, 3.05) is 20.6 Å². The van der Waals surface area contributed by atoms with Crippen molar-refractivity contribution in [1.82, 2.24) is 10.2 Å². The largest absolute Gasteiger partial charge is 0.354 e. The molecule has 0 aliphatic carbocycles. The molecule has 4 nitrogen and oxygen atoms in total. The number of halogens is 1. The average molecular weight is 311 g/mol. The Hall–Kier alpha value is -1.39. The molecule has 0 saturated heterocycles. The fourth-order valence-electron chi connectivity index (χ4n) is 1.59. The molecule has 1 rings (SSSR count). The maximum atomic E-state index is 12.0. The Labute approximate surface area is 131 Å². The summed E-state index contributed by atoms with van der Waals surface area (Å²) in [5, 5.41) is 3.39. The summed E-state index contributed by atoms with van der Waals surface area (Å²) in [5.41, 5.74) is 0.427. The number of carbonyl (C=O) groups is 2. The number of ketones is 1. The van der Waals surface area contributed by atoms with Crippen LogP contribution < -0.4 is 5.32 Å². The highest BCUT2D eigenvalue weighted by Crippen LogP contribution is 2.13. The maximum Gasteiger partial charge on any atom is 0.220 e. The van der Waals surface area contributed by atoms with Crippen LogP contribution in [0, 0.1) is 0 Å². The summed E-state index contributed by atoms with van der Waals surface area (Å²) in [5.74, 6) is -0.181. The van der Waals surface area contributed by atoms with Gasteiger partial charge in [0.1, 0.15) is 0 Å². The minimum atomic E-state index is -0.118. The molecular weight excluding hydrogens is 288 g/mol. The number of carbonyl (C=O) groups excluding carboxylic acids is 2. The lowest BCUT2D eigenvalue weighted by Crippen LogP contribution is -2.48. The Balaban J connectivity index is 2.41. The van der Waals surface area contributed by atoms with E-state index in [0.29, 0.717) is 17.1 Å². The first kappa shape index (κ1) is 17.7. The monoisotopic (exact) mass is 310 g/mol. The van der Waals surface area contributed by atoms with Gasteiger partial charge in [0.05, 0.1) is 0 Å². The molecule has 0 unspecified atom stereocenters. The Morgan fingerprint density at radius 2 is 1.90 bits per heavy atom. The van der Waals surface area contributed by atoms with E-state index in [1.165, 1.54) is 0 Å². The minimum Gasteiger partial charge on any atom is -0.354 e. The zero-order valence-corrected chi connectivity index (χ0v) is 13.8. The minimum absolute atomic E-state index is 0.0699. The van der Waals surface area contributed by atoms with Crippen molar-refractivity contribution in [3.8, 4) is 0 Å². The molecule has 1 aromatic carbocycles. The van der Waals surface area contributed by atoms with Crippen LogP contribution in [0.4, 0.5) is 0 Å².